The summed E-state index contributed by atoms with van der Waals surface area (Å²) in [6.45, 7) is 0. The highest BCUT2D eigenvalue weighted by molar-refractivity contribution is 6.23. The standard InChI is InChI=1S/C66H44N2/c1-5-17-51(18-6-1)67(52-19-7-2-8-20-52)55-37-39-57-47(41-55)33-29-45-31-35-49(43-63(45)57)65-59-25-13-15-27-61(59)66(62-28-16-14-26-60(62)65)50-36-32-46-30-34-48-42-56(38-40-58(48)64(46)44-50)68(53-21-9-3-10-22-53)54-23-11-4-12-24-54/h1-44H. The Morgan fingerprint density at radius 3 is 0.809 bits per heavy atom. The van der Waals surface area contributed by atoms with Crippen LogP contribution in [0.1, 0.15) is 0 Å². The predicted octanol–water partition coefficient (Wildman–Crippen LogP) is 18.9. The van der Waals surface area contributed by atoms with Gasteiger partial charge in [-0.1, -0.05) is 182 Å². The number of para-hydroxylation sites is 4. The molecule has 68 heavy (non-hydrogen) atoms. The zero-order valence-electron chi connectivity index (χ0n) is 37.3. The molecule has 318 valence electrons. The second-order valence-corrected chi connectivity index (χ2v) is 17.7. The third kappa shape index (κ3) is 6.73. The van der Waals surface area contributed by atoms with E-state index in [1.54, 1.807) is 0 Å². The molecule has 2 heteroatoms. The van der Waals surface area contributed by atoms with Crippen LogP contribution >= 0.6 is 0 Å². The van der Waals surface area contributed by atoms with Gasteiger partial charge in [-0.15, -0.1) is 0 Å². The summed E-state index contributed by atoms with van der Waals surface area (Å²) < 4.78 is 0. The Kier molecular flexibility index (Phi) is 9.54. The van der Waals surface area contributed by atoms with Crippen LogP contribution in [0.5, 0.6) is 0 Å². The molecule has 0 aromatic heterocycles. The van der Waals surface area contributed by atoms with Gasteiger partial charge in [-0.3, -0.25) is 0 Å². The van der Waals surface area contributed by atoms with Crippen molar-refractivity contribution in [1.29, 1.82) is 0 Å². The number of hydrogen-bond donors (Lipinski definition) is 0. The minimum Gasteiger partial charge on any atom is -0.310 e. The molecule has 0 aliphatic rings. The maximum atomic E-state index is 2.42. The SMILES string of the molecule is c1ccc(N(c2ccccc2)c2ccc3c(ccc4ccc(-c5c6ccccc6c(-c6ccc7ccc8cc(N(c9ccccc9)c9ccccc9)ccc8c7c6)c6ccccc56)cc43)c2)cc1. The molecule has 0 saturated heterocycles. The molecule has 13 aromatic carbocycles. The Morgan fingerprint density at radius 1 is 0.176 bits per heavy atom. The van der Waals surface area contributed by atoms with Crippen LogP contribution in [-0.2, 0) is 0 Å². The van der Waals surface area contributed by atoms with Crippen molar-refractivity contribution in [2.45, 2.75) is 0 Å². The molecule has 0 spiro atoms. The maximum absolute atomic E-state index is 2.42. The molecule has 0 saturated carbocycles. The van der Waals surface area contributed by atoms with Crippen molar-refractivity contribution >= 4 is 98.8 Å². The van der Waals surface area contributed by atoms with Crippen LogP contribution in [-0.4, -0.2) is 0 Å². The average Bonchev–Trinajstić information content (AvgIpc) is 3.41. The van der Waals surface area contributed by atoms with E-state index in [9.17, 15) is 0 Å². The lowest BCUT2D eigenvalue weighted by Crippen LogP contribution is -2.09. The molecule has 0 aliphatic carbocycles. The number of hydrogen-bond acceptors (Lipinski definition) is 2. The van der Waals surface area contributed by atoms with Crippen molar-refractivity contribution in [3.05, 3.63) is 267 Å². The molecule has 0 unspecified atom stereocenters. The number of benzene rings is 13. The summed E-state index contributed by atoms with van der Waals surface area (Å²) in [6.07, 6.45) is 0. The molecule has 13 rings (SSSR count). The van der Waals surface area contributed by atoms with Crippen molar-refractivity contribution in [2.75, 3.05) is 9.80 Å². The molecule has 0 bridgehead atoms. The number of nitrogens with zero attached hydrogens (tertiary/aromatic N) is 2. The van der Waals surface area contributed by atoms with E-state index in [1.807, 2.05) is 0 Å². The van der Waals surface area contributed by atoms with Crippen LogP contribution in [0.2, 0.25) is 0 Å². The maximum Gasteiger partial charge on any atom is 0.0468 e. The van der Waals surface area contributed by atoms with Crippen molar-refractivity contribution in [2.24, 2.45) is 0 Å². The Bertz CT molecular complexity index is 3620. The van der Waals surface area contributed by atoms with E-state index in [2.05, 4.69) is 277 Å². The first kappa shape index (κ1) is 39.4. The Morgan fingerprint density at radius 2 is 0.471 bits per heavy atom. The summed E-state index contributed by atoms with van der Waals surface area (Å²) in [7, 11) is 0. The van der Waals surface area contributed by atoms with E-state index in [0.29, 0.717) is 0 Å². The topological polar surface area (TPSA) is 6.48 Å². The van der Waals surface area contributed by atoms with Crippen LogP contribution in [0.25, 0.3) is 86.9 Å². The van der Waals surface area contributed by atoms with Gasteiger partial charge in [0.2, 0.25) is 0 Å². The zero-order chi connectivity index (χ0) is 45.0. The molecule has 0 aliphatic heterocycles. The Balaban J connectivity index is 0.948. The summed E-state index contributed by atoms with van der Waals surface area (Å²) in [5.41, 5.74) is 11.7. The molecule has 0 amide bonds. The first-order chi connectivity index (χ1) is 33.7. The van der Waals surface area contributed by atoms with Gasteiger partial charge in [0.05, 0.1) is 0 Å². The van der Waals surface area contributed by atoms with E-state index >= 15 is 0 Å². The van der Waals surface area contributed by atoms with Crippen LogP contribution in [0.3, 0.4) is 0 Å². The lowest BCUT2D eigenvalue weighted by molar-refractivity contribution is 1.29. The quantitative estimate of drug-likeness (QED) is 0.111. The van der Waals surface area contributed by atoms with Gasteiger partial charge in [-0.2, -0.15) is 0 Å². The summed E-state index contributed by atoms with van der Waals surface area (Å²) in [5.74, 6) is 0. The van der Waals surface area contributed by atoms with E-state index in [1.165, 1.54) is 86.9 Å². The van der Waals surface area contributed by atoms with Crippen molar-refractivity contribution in [1.82, 2.24) is 0 Å². The molecule has 13 aromatic rings. The zero-order valence-corrected chi connectivity index (χ0v) is 37.3. The molecule has 0 atom stereocenters. The molecular weight excluding hydrogens is 821 g/mol. The van der Waals surface area contributed by atoms with Gasteiger partial charge in [0.25, 0.3) is 0 Å². The van der Waals surface area contributed by atoms with E-state index in [4.69, 9.17) is 0 Å². The van der Waals surface area contributed by atoms with E-state index in [0.717, 1.165) is 34.1 Å². The number of fused-ring (bicyclic) bond motifs is 8. The second kappa shape index (κ2) is 16.5. The van der Waals surface area contributed by atoms with Gasteiger partial charge >= 0.3 is 0 Å². The molecule has 0 heterocycles. The molecular formula is C66H44N2. The highest BCUT2D eigenvalue weighted by Crippen LogP contribution is 2.46. The first-order valence-electron chi connectivity index (χ1n) is 23.4. The van der Waals surface area contributed by atoms with Crippen molar-refractivity contribution in [3.8, 4) is 22.3 Å². The fourth-order valence-corrected chi connectivity index (χ4v) is 10.6. The molecule has 0 radical (unpaired) electrons. The first-order valence-corrected chi connectivity index (χ1v) is 23.4. The third-order valence-corrected chi connectivity index (χ3v) is 13.7. The average molecular weight is 865 g/mol. The Labute approximate surface area is 395 Å². The van der Waals surface area contributed by atoms with Crippen LogP contribution < -0.4 is 9.80 Å². The third-order valence-electron chi connectivity index (χ3n) is 13.7. The summed E-state index contributed by atoms with van der Waals surface area (Å²) >= 11 is 0. The normalized spacial score (nSPS) is 11.5. The van der Waals surface area contributed by atoms with Gasteiger partial charge in [0.1, 0.15) is 0 Å². The molecule has 0 N–H and O–H groups in total. The minimum atomic E-state index is 1.13. The Hall–Kier alpha value is -8.98. The van der Waals surface area contributed by atoms with Gasteiger partial charge in [-0.05, 0) is 172 Å². The number of rotatable bonds is 8. The molecule has 2 nitrogen and oxygen atoms in total. The highest BCUT2D eigenvalue weighted by atomic mass is 15.1. The van der Waals surface area contributed by atoms with Crippen molar-refractivity contribution in [3.63, 3.8) is 0 Å². The predicted molar refractivity (Wildman–Crippen MR) is 292 cm³/mol. The summed E-state index contributed by atoms with van der Waals surface area (Å²) in [5, 5.41) is 14.8. The smallest absolute Gasteiger partial charge is 0.0468 e. The van der Waals surface area contributed by atoms with Crippen LogP contribution in [0.4, 0.5) is 34.1 Å². The van der Waals surface area contributed by atoms with Gasteiger partial charge in [-0.25, -0.2) is 0 Å². The van der Waals surface area contributed by atoms with Crippen LogP contribution in [0.15, 0.2) is 267 Å². The summed E-state index contributed by atoms with van der Waals surface area (Å²) in [6, 6.07) is 97.5. The van der Waals surface area contributed by atoms with Crippen molar-refractivity contribution < 1.29 is 0 Å². The fraction of sp³-hybridized carbons (Fsp3) is 0. The van der Waals surface area contributed by atoms with Gasteiger partial charge < -0.3 is 9.80 Å². The van der Waals surface area contributed by atoms with E-state index < -0.39 is 0 Å². The summed E-state index contributed by atoms with van der Waals surface area (Å²) in [4.78, 5) is 4.67. The second-order valence-electron chi connectivity index (χ2n) is 17.7. The lowest BCUT2D eigenvalue weighted by Gasteiger charge is -2.26. The lowest BCUT2D eigenvalue weighted by atomic mass is 9.85. The van der Waals surface area contributed by atoms with Gasteiger partial charge in [0, 0.05) is 34.1 Å². The van der Waals surface area contributed by atoms with E-state index in [-0.39, 0.29) is 0 Å². The highest BCUT2D eigenvalue weighted by Gasteiger charge is 2.20. The van der Waals surface area contributed by atoms with Crippen LogP contribution in [0, 0.1) is 0 Å². The monoisotopic (exact) mass is 864 g/mol. The largest absolute Gasteiger partial charge is 0.310 e. The molecule has 0 fully saturated rings. The van der Waals surface area contributed by atoms with Gasteiger partial charge in [0.15, 0.2) is 0 Å². The minimum absolute atomic E-state index is 1.13. The number of anilines is 6. The fourth-order valence-electron chi connectivity index (χ4n) is 10.6.